The van der Waals surface area contributed by atoms with Crippen molar-refractivity contribution in [3.63, 3.8) is 0 Å². The highest BCUT2D eigenvalue weighted by molar-refractivity contribution is 7.13. The highest BCUT2D eigenvalue weighted by Gasteiger charge is 2.50. The molecule has 228 valence electrons. The Morgan fingerprint density at radius 2 is 1.98 bits per heavy atom. The number of thiophene rings is 1. The Labute approximate surface area is 253 Å². The first-order chi connectivity index (χ1) is 20.7. The quantitative estimate of drug-likeness (QED) is 0.286. The van der Waals surface area contributed by atoms with Gasteiger partial charge in [-0.3, -0.25) is 14.5 Å². The Kier molecular flexibility index (Phi) is 7.86. The first kappa shape index (κ1) is 29.1. The van der Waals surface area contributed by atoms with Gasteiger partial charge in [-0.15, -0.1) is 11.3 Å². The normalized spacial score (nSPS) is 18.4. The second-order valence-electron chi connectivity index (χ2n) is 11.0. The predicted octanol–water partition coefficient (Wildman–Crippen LogP) is 4.28. The predicted molar refractivity (Wildman–Crippen MR) is 164 cm³/mol. The number of hydrogen-bond donors (Lipinski definition) is 1. The Bertz CT molecular complexity index is 1640. The summed E-state index contributed by atoms with van der Waals surface area (Å²) in [5.74, 6) is -3.01. The van der Waals surface area contributed by atoms with Crippen LogP contribution in [-0.4, -0.2) is 98.5 Å². The molecule has 0 bridgehead atoms. The van der Waals surface area contributed by atoms with Gasteiger partial charge in [0.15, 0.2) is 5.65 Å². The molecular formula is C30H36F2N8O2S. The van der Waals surface area contributed by atoms with Gasteiger partial charge in [-0.05, 0) is 56.1 Å². The van der Waals surface area contributed by atoms with Crippen LogP contribution in [0.3, 0.4) is 0 Å². The number of anilines is 1. The average molecular weight is 611 g/mol. The van der Waals surface area contributed by atoms with Crippen LogP contribution in [0.1, 0.15) is 39.0 Å². The van der Waals surface area contributed by atoms with Crippen molar-refractivity contribution in [3.05, 3.63) is 53.7 Å². The van der Waals surface area contributed by atoms with Gasteiger partial charge in [-0.1, -0.05) is 19.9 Å². The molecule has 0 aromatic carbocycles. The molecule has 0 aliphatic carbocycles. The molecule has 2 aliphatic heterocycles. The molecule has 2 amide bonds. The van der Waals surface area contributed by atoms with Crippen LogP contribution in [0.25, 0.3) is 27.5 Å². The van der Waals surface area contributed by atoms with Crippen molar-refractivity contribution in [2.45, 2.75) is 45.2 Å². The zero-order valence-electron chi connectivity index (χ0n) is 24.3. The number of likely N-dealkylation sites (N-methyl/N-ethyl adjacent to an activating group) is 1. The molecule has 43 heavy (non-hydrogen) atoms. The molecular weight excluding hydrogens is 574 g/mol. The number of nitrogens with zero attached hydrogens (tertiary/aromatic N) is 7. The molecule has 2 atom stereocenters. The highest BCUT2D eigenvalue weighted by atomic mass is 32.1. The topological polar surface area (TPSA) is 99.0 Å². The van der Waals surface area contributed by atoms with Gasteiger partial charge in [-0.25, -0.2) is 23.3 Å². The molecule has 0 spiro atoms. The number of pyridine rings is 1. The average Bonchev–Trinajstić information content (AvgIpc) is 3.64. The van der Waals surface area contributed by atoms with Gasteiger partial charge in [-0.2, -0.15) is 5.10 Å². The fourth-order valence-electron chi connectivity index (χ4n) is 5.66. The fraction of sp³-hybridized carbons (Fsp3) is 0.433. The van der Waals surface area contributed by atoms with Crippen molar-refractivity contribution in [3.8, 4) is 21.8 Å². The Morgan fingerprint density at radius 3 is 2.63 bits per heavy atom. The molecule has 10 nitrogen and oxygen atoms in total. The minimum Gasteiger partial charge on any atom is -0.350 e. The third-order valence-electron chi connectivity index (χ3n) is 8.24. The lowest BCUT2D eigenvalue weighted by Gasteiger charge is -2.47. The zero-order valence-corrected chi connectivity index (χ0v) is 25.2. The van der Waals surface area contributed by atoms with Crippen LogP contribution >= 0.6 is 11.3 Å². The van der Waals surface area contributed by atoms with Gasteiger partial charge in [0.05, 0.1) is 41.1 Å². The van der Waals surface area contributed by atoms with Gasteiger partial charge >= 0.3 is 0 Å². The number of hydrogen-bond acceptors (Lipinski definition) is 8. The maximum atomic E-state index is 13.5. The van der Waals surface area contributed by atoms with Crippen LogP contribution in [0, 0.1) is 0 Å². The lowest BCUT2D eigenvalue weighted by atomic mass is 9.98. The van der Waals surface area contributed by atoms with E-state index in [2.05, 4.69) is 36.1 Å². The van der Waals surface area contributed by atoms with Crippen molar-refractivity contribution < 1.29 is 19.8 Å². The standard InChI is InChI=1S/C30H34F2N8O2S.H2/c1-4-37(5-2)19(3)15-33-28(41)20-13-23(21-16-34-40-11-8-22(36-27(21)40)25-7-6-12-43-25)35-26(14-20)39-10-9-24(39)29(42)38-17-30(31,32)18-38;/h6-8,11-14,16,19,24H,4-5,9-10,15,17-18H2,1-3H3,(H,33,41);1H/t19-,24-;/m0./s1. The summed E-state index contributed by atoms with van der Waals surface area (Å²) >= 11 is 1.58. The third kappa shape index (κ3) is 5.70. The van der Waals surface area contributed by atoms with Crippen molar-refractivity contribution >= 4 is 34.6 Å². The minimum absolute atomic E-state index is 0. The van der Waals surface area contributed by atoms with Crippen LogP contribution in [0.5, 0.6) is 0 Å². The molecule has 0 unspecified atom stereocenters. The molecule has 1 N–H and O–H groups in total. The number of nitrogens with one attached hydrogen (secondary N) is 1. The van der Waals surface area contributed by atoms with Crippen LogP contribution in [0.15, 0.2) is 48.1 Å². The summed E-state index contributed by atoms with van der Waals surface area (Å²) in [5, 5.41) is 9.50. The van der Waals surface area contributed by atoms with Crippen LogP contribution in [0.4, 0.5) is 14.6 Å². The zero-order chi connectivity index (χ0) is 30.3. The smallest absolute Gasteiger partial charge is 0.282 e. The summed E-state index contributed by atoms with van der Waals surface area (Å²) in [5.41, 5.74) is 2.88. The van der Waals surface area contributed by atoms with Crippen molar-refractivity contribution in [1.82, 2.24) is 34.7 Å². The van der Waals surface area contributed by atoms with Gasteiger partial charge in [0.25, 0.3) is 11.8 Å². The van der Waals surface area contributed by atoms with E-state index >= 15 is 0 Å². The van der Waals surface area contributed by atoms with E-state index in [9.17, 15) is 18.4 Å². The van der Waals surface area contributed by atoms with E-state index in [0.29, 0.717) is 47.8 Å². The minimum atomic E-state index is -2.84. The van der Waals surface area contributed by atoms with Gasteiger partial charge < -0.3 is 15.1 Å². The summed E-state index contributed by atoms with van der Waals surface area (Å²) in [6, 6.07) is 8.77. The highest BCUT2D eigenvalue weighted by Crippen LogP contribution is 2.34. The number of halogens is 2. The van der Waals surface area contributed by atoms with Crippen LogP contribution in [0.2, 0.25) is 0 Å². The molecule has 6 heterocycles. The molecule has 2 aliphatic rings. The Hall–Kier alpha value is -3.97. The first-order valence-electron chi connectivity index (χ1n) is 14.5. The molecule has 2 fully saturated rings. The number of rotatable bonds is 10. The molecule has 4 aromatic rings. The number of carbonyl (C=O) groups is 2. The lowest BCUT2D eigenvalue weighted by Crippen LogP contribution is -2.65. The van der Waals surface area contributed by atoms with E-state index in [1.807, 2.05) is 29.8 Å². The summed E-state index contributed by atoms with van der Waals surface area (Å²) in [7, 11) is 0. The number of fused-ring (bicyclic) bond motifs is 1. The molecule has 4 aromatic heterocycles. The Morgan fingerprint density at radius 1 is 1.19 bits per heavy atom. The van der Waals surface area contributed by atoms with Gasteiger partial charge in [0, 0.05) is 32.3 Å². The van der Waals surface area contributed by atoms with Crippen LogP contribution in [-0.2, 0) is 4.79 Å². The van der Waals surface area contributed by atoms with Crippen molar-refractivity contribution in [2.24, 2.45) is 0 Å². The molecule has 0 radical (unpaired) electrons. The maximum Gasteiger partial charge on any atom is 0.282 e. The molecule has 6 rings (SSSR count). The summed E-state index contributed by atoms with van der Waals surface area (Å²) in [4.78, 5) is 42.5. The fourth-order valence-corrected chi connectivity index (χ4v) is 6.35. The second kappa shape index (κ2) is 11.6. The molecule has 13 heteroatoms. The number of carbonyl (C=O) groups excluding carboxylic acids is 2. The van der Waals surface area contributed by atoms with Gasteiger partial charge in [0.1, 0.15) is 11.9 Å². The number of alkyl halides is 2. The van der Waals surface area contributed by atoms with Gasteiger partial charge in [0.2, 0.25) is 5.91 Å². The lowest BCUT2D eigenvalue weighted by molar-refractivity contribution is -0.168. The Balaban J connectivity index is 0.00000384. The summed E-state index contributed by atoms with van der Waals surface area (Å²) < 4.78 is 28.7. The maximum absolute atomic E-state index is 13.5. The first-order valence-corrected chi connectivity index (χ1v) is 15.4. The summed E-state index contributed by atoms with van der Waals surface area (Å²) in [6.45, 7) is 7.84. The monoisotopic (exact) mass is 610 g/mol. The van der Waals surface area contributed by atoms with E-state index in [4.69, 9.17) is 9.97 Å². The molecule has 2 saturated heterocycles. The third-order valence-corrected chi connectivity index (χ3v) is 9.13. The van der Waals surface area contributed by atoms with E-state index in [-0.39, 0.29) is 19.3 Å². The van der Waals surface area contributed by atoms with E-state index in [0.717, 1.165) is 23.7 Å². The van der Waals surface area contributed by atoms with E-state index in [1.54, 1.807) is 39.1 Å². The SMILES string of the molecule is CCN(CC)[C@@H](C)CNC(=O)c1cc(-c2cnn3ccc(-c4cccs4)nc23)nc(N2CC[C@H]2C(=O)N2CC(F)(F)C2)c1.[HH]. The van der Waals surface area contributed by atoms with Crippen molar-refractivity contribution in [1.29, 1.82) is 0 Å². The number of likely N-dealkylation sites (tertiary alicyclic amines) is 1. The van der Waals surface area contributed by atoms with Crippen LogP contribution < -0.4 is 10.2 Å². The second-order valence-corrected chi connectivity index (χ2v) is 12.0. The molecule has 0 saturated carbocycles. The summed E-state index contributed by atoms with van der Waals surface area (Å²) in [6.07, 6.45) is 4.02. The van der Waals surface area contributed by atoms with E-state index < -0.39 is 25.1 Å². The number of aromatic nitrogens is 4. The van der Waals surface area contributed by atoms with E-state index in [1.165, 1.54) is 4.90 Å². The largest absolute Gasteiger partial charge is 0.350 e. The van der Waals surface area contributed by atoms with Crippen molar-refractivity contribution in [2.75, 3.05) is 44.2 Å². The number of amides is 2.